The van der Waals surface area contributed by atoms with Gasteiger partial charge < -0.3 is 9.32 Å². The van der Waals surface area contributed by atoms with Gasteiger partial charge in [-0.1, -0.05) is 140 Å². The molecule has 11 aromatic rings. The number of benzene rings is 9. The van der Waals surface area contributed by atoms with Crippen LogP contribution < -0.4 is 4.90 Å². The molecular weight excluding hydrogens is 687 g/mol. The molecule has 0 radical (unpaired) electrons. The molecule has 11 rings (SSSR count). The molecule has 0 amide bonds. The van der Waals surface area contributed by atoms with Gasteiger partial charge in [-0.2, -0.15) is 0 Å². The fourth-order valence-corrected chi connectivity index (χ4v) is 9.29. The summed E-state index contributed by atoms with van der Waals surface area (Å²) in [5, 5.41) is 7.52. The first kappa shape index (κ1) is 31.6. The molecule has 258 valence electrons. The zero-order chi connectivity index (χ0) is 36.3. The Morgan fingerprint density at radius 3 is 1.67 bits per heavy atom. The van der Waals surface area contributed by atoms with E-state index < -0.39 is 0 Å². The number of fused-ring (bicyclic) bond motifs is 8. The highest BCUT2D eigenvalue weighted by atomic mass is 32.1. The predicted octanol–water partition coefficient (Wildman–Crippen LogP) is 15.6. The van der Waals surface area contributed by atoms with Gasteiger partial charge in [-0.05, 0) is 99.3 Å². The zero-order valence-electron chi connectivity index (χ0n) is 29.8. The summed E-state index contributed by atoms with van der Waals surface area (Å²) in [4.78, 5) is 2.34. The molecule has 9 aromatic carbocycles. The first-order chi connectivity index (χ1) is 27.2. The van der Waals surface area contributed by atoms with Crippen molar-refractivity contribution in [1.82, 2.24) is 0 Å². The summed E-state index contributed by atoms with van der Waals surface area (Å²) in [7, 11) is 0. The number of para-hydroxylation sites is 2. The molecule has 0 N–H and O–H groups in total. The Morgan fingerprint density at radius 2 is 0.927 bits per heavy atom. The average Bonchev–Trinajstić information content (AvgIpc) is 3.84. The molecule has 0 aliphatic heterocycles. The highest BCUT2D eigenvalue weighted by Gasteiger charge is 2.16. The van der Waals surface area contributed by atoms with Gasteiger partial charge in [0.15, 0.2) is 0 Å². The number of rotatable bonds is 6. The third-order valence-electron chi connectivity index (χ3n) is 10.9. The summed E-state index contributed by atoms with van der Waals surface area (Å²) in [5.41, 5.74) is 12.1. The van der Waals surface area contributed by atoms with Crippen LogP contribution in [-0.2, 0) is 0 Å². The maximum absolute atomic E-state index is 6.40. The molecule has 0 saturated heterocycles. The van der Waals surface area contributed by atoms with Crippen molar-refractivity contribution in [1.29, 1.82) is 0 Å². The molecule has 2 nitrogen and oxygen atoms in total. The molecule has 0 spiro atoms. The quantitative estimate of drug-likeness (QED) is 0.170. The van der Waals surface area contributed by atoms with Crippen molar-refractivity contribution in [2.24, 2.45) is 0 Å². The topological polar surface area (TPSA) is 16.4 Å². The van der Waals surface area contributed by atoms with Gasteiger partial charge in [-0.3, -0.25) is 0 Å². The third-order valence-corrected chi connectivity index (χ3v) is 12.0. The number of nitrogens with zero attached hydrogens (tertiary/aromatic N) is 1. The van der Waals surface area contributed by atoms with Crippen LogP contribution in [0.2, 0.25) is 0 Å². The van der Waals surface area contributed by atoms with Crippen molar-refractivity contribution in [3.05, 3.63) is 200 Å². The zero-order valence-corrected chi connectivity index (χ0v) is 30.6. The van der Waals surface area contributed by atoms with Crippen molar-refractivity contribution in [2.45, 2.75) is 0 Å². The van der Waals surface area contributed by atoms with Gasteiger partial charge >= 0.3 is 0 Å². The Bertz CT molecular complexity index is 3170. The van der Waals surface area contributed by atoms with Crippen LogP contribution in [0, 0.1) is 0 Å². The lowest BCUT2D eigenvalue weighted by Gasteiger charge is -2.26. The minimum Gasteiger partial charge on any atom is -0.455 e. The van der Waals surface area contributed by atoms with Crippen LogP contribution in [0.25, 0.3) is 86.3 Å². The molecule has 0 aliphatic rings. The fraction of sp³-hybridized carbons (Fsp3) is 0. The minimum absolute atomic E-state index is 0.909. The molecule has 0 unspecified atom stereocenters. The van der Waals surface area contributed by atoms with Gasteiger partial charge in [-0.25, -0.2) is 0 Å². The summed E-state index contributed by atoms with van der Waals surface area (Å²) in [5.74, 6) is 0. The smallest absolute Gasteiger partial charge is 0.143 e. The normalized spacial score (nSPS) is 11.6. The summed E-state index contributed by atoms with van der Waals surface area (Å²) in [6.45, 7) is 0. The van der Waals surface area contributed by atoms with Gasteiger partial charge in [0.05, 0.1) is 0 Å². The largest absolute Gasteiger partial charge is 0.455 e. The Hall–Kier alpha value is -6.94. The summed E-state index contributed by atoms with van der Waals surface area (Å²) >= 11 is 1.87. The number of furan rings is 1. The number of anilines is 3. The molecule has 0 aliphatic carbocycles. The van der Waals surface area contributed by atoms with E-state index in [0.29, 0.717) is 0 Å². The highest BCUT2D eigenvalue weighted by molar-refractivity contribution is 7.26. The van der Waals surface area contributed by atoms with Crippen molar-refractivity contribution < 1.29 is 4.42 Å². The van der Waals surface area contributed by atoms with E-state index in [-0.39, 0.29) is 0 Å². The molecule has 0 fully saturated rings. The summed E-state index contributed by atoms with van der Waals surface area (Å²) in [6.07, 6.45) is 0. The molecule has 0 bridgehead atoms. The maximum atomic E-state index is 6.40. The molecule has 2 heterocycles. The van der Waals surface area contributed by atoms with Gasteiger partial charge in [0.2, 0.25) is 0 Å². The predicted molar refractivity (Wildman–Crippen MR) is 235 cm³/mol. The van der Waals surface area contributed by atoms with Crippen LogP contribution in [0.15, 0.2) is 205 Å². The molecule has 2 aromatic heterocycles. The van der Waals surface area contributed by atoms with Gasteiger partial charge in [0, 0.05) is 53.6 Å². The SMILES string of the molecule is c1ccc(-c2ccc(N(c3ccc(-c4ccc5ccc6sc7ccccc7c6c5c4)cc3)c3ccc(-c4cccc5c4oc4ccccc45)cc3)cc2)cc1. The summed E-state index contributed by atoms with van der Waals surface area (Å²) in [6, 6.07) is 72.1. The summed E-state index contributed by atoms with van der Waals surface area (Å²) < 4.78 is 9.06. The number of hydrogen-bond donors (Lipinski definition) is 0. The van der Waals surface area contributed by atoms with E-state index in [9.17, 15) is 0 Å². The van der Waals surface area contributed by atoms with E-state index in [4.69, 9.17) is 4.42 Å². The Kier molecular flexibility index (Phi) is 7.39. The minimum atomic E-state index is 0.909. The standard InChI is InChI=1S/C52H33NOS/c1-2-9-34(10-3-1)35-19-26-40(27-20-35)53(42-30-23-37(24-31-42)43-13-8-14-45-44-11-4-6-15-48(44)54-52(43)45)41-28-21-36(22-29-41)39-18-17-38-25-32-50-51(47(38)33-39)46-12-5-7-16-49(46)55-50/h1-33H. The van der Waals surface area contributed by atoms with Crippen LogP contribution in [0.5, 0.6) is 0 Å². The van der Waals surface area contributed by atoms with E-state index in [2.05, 4.69) is 193 Å². The van der Waals surface area contributed by atoms with E-state index >= 15 is 0 Å². The van der Waals surface area contributed by atoms with E-state index in [0.717, 1.165) is 50.1 Å². The monoisotopic (exact) mass is 719 g/mol. The van der Waals surface area contributed by atoms with Gasteiger partial charge in [0.25, 0.3) is 0 Å². The fourth-order valence-electron chi connectivity index (χ4n) is 8.17. The van der Waals surface area contributed by atoms with Crippen molar-refractivity contribution >= 4 is 81.3 Å². The van der Waals surface area contributed by atoms with Crippen molar-refractivity contribution in [3.8, 4) is 33.4 Å². The van der Waals surface area contributed by atoms with E-state index in [1.807, 2.05) is 23.5 Å². The Balaban J connectivity index is 0.990. The Labute approximate surface area is 322 Å². The lowest BCUT2D eigenvalue weighted by molar-refractivity contribution is 0.670. The van der Waals surface area contributed by atoms with Gasteiger partial charge in [-0.15, -0.1) is 11.3 Å². The number of hydrogen-bond acceptors (Lipinski definition) is 3. The lowest BCUT2D eigenvalue weighted by atomic mass is 9.98. The van der Waals surface area contributed by atoms with E-state index in [1.54, 1.807) is 0 Å². The molecule has 55 heavy (non-hydrogen) atoms. The average molecular weight is 720 g/mol. The van der Waals surface area contributed by atoms with Crippen LogP contribution in [-0.4, -0.2) is 0 Å². The second-order valence-electron chi connectivity index (χ2n) is 14.1. The second-order valence-corrected chi connectivity index (χ2v) is 15.2. The second kappa shape index (κ2) is 12.9. The first-order valence-corrected chi connectivity index (χ1v) is 19.5. The Morgan fingerprint density at radius 1 is 0.364 bits per heavy atom. The van der Waals surface area contributed by atoms with Crippen LogP contribution in [0.3, 0.4) is 0 Å². The third kappa shape index (κ3) is 5.40. The maximum Gasteiger partial charge on any atom is 0.143 e. The molecule has 0 atom stereocenters. The van der Waals surface area contributed by atoms with Crippen LogP contribution in [0.4, 0.5) is 17.1 Å². The first-order valence-electron chi connectivity index (χ1n) is 18.7. The lowest BCUT2D eigenvalue weighted by Crippen LogP contribution is -2.09. The van der Waals surface area contributed by atoms with Crippen LogP contribution >= 0.6 is 11.3 Å². The van der Waals surface area contributed by atoms with Crippen molar-refractivity contribution in [2.75, 3.05) is 4.90 Å². The number of thiophene rings is 1. The van der Waals surface area contributed by atoms with Gasteiger partial charge in [0.1, 0.15) is 11.2 Å². The molecule has 3 heteroatoms. The van der Waals surface area contributed by atoms with Crippen LogP contribution in [0.1, 0.15) is 0 Å². The van der Waals surface area contributed by atoms with E-state index in [1.165, 1.54) is 53.2 Å². The van der Waals surface area contributed by atoms with Crippen molar-refractivity contribution in [3.63, 3.8) is 0 Å². The molecule has 0 saturated carbocycles. The highest BCUT2D eigenvalue weighted by Crippen LogP contribution is 2.42. The molecular formula is C52H33NOS.